The lowest BCUT2D eigenvalue weighted by Gasteiger charge is -2.01. The molecule has 1 aliphatic carbocycles. The molecule has 0 aromatic heterocycles. The van der Waals surface area contributed by atoms with Crippen molar-refractivity contribution in [1.82, 2.24) is 0 Å². The summed E-state index contributed by atoms with van der Waals surface area (Å²) in [7, 11) is 0. The number of ketones is 1. The summed E-state index contributed by atoms with van der Waals surface area (Å²) >= 11 is 0. The Bertz CT molecular complexity index is 402. The lowest BCUT2D eigenvalue weighted by Crippen LogP contribution is -2.06. The fraction of sp³-hybridized carbons (Fsp3) is 0.0833. The molecule has 2 heteroatoms. The van der Waals surface area contributed by atoms with E-state index in [0.717, 1.165) is 5.56 Å². The standard InChI is InChI=1S/C12H10O2/c13-11-6-7-12(14)10(11)8-9-4-2-1-3-5-9/h1-8,11,13H. The highest BCUT2D eigenvalue weighted by Crippen LogP contribution is 2.17. The van der Waals surface area contributed by atoms with Crippen molar-refractivity contribution in [2.75, 3.05) is 0 Å². The maximum Gasteiger partial charge on any atom is 0.184 e. The van der Waals surface area contributed by atoms with Crippen molar-refractivity contribution >= 4 is 11.9 Å². The lowest BCUT2D eigenvalue weighted by atomic mass is 10.1. The molecular weight excluding hydrogens is 176 g/mol. The van der Waals surface area contributed by atoms with Crippen LogP contribution in [-0.4, -0.2) is 17.0 Å². The minimum Gasteiger partial charge on any atom is -0.384 e. The zero-order valence-electron chi connectivity index (χ0n) is 7.55. The molecule has 1 N–H and O–H groups in total. The first-order valence-electron chi connectivity index (χ1n) is 4.44. The Morgan fingerprint density at radius 3 is 2.50 bits per heavy atom. The van der Waals surface area contributed by atoms with Gasteiger partial charge in [0.05, 0.1) is 0 Å². The molecule has 14 heavy (non-hydrogen) atoms. The minimum atomic E-state index is -0.747. The van der Waals surface area contributed by atoms with Gasteiger partial charge in [0, 0.05) is 5.57 Å². The van der Waals surface area contributed by atoms with E-state index in [1.54, 1.807) is 6.08 Å². The van der Waals surface area contributed by atoms with Gasteiger partial charge in [-0.1, -0.05) is 30.3 Å². The molecule has 1 aromatic rings. The maximum atomic E-state index is 11.3. The summed E-state index contributed by atoms with van der Waals surface area (Å²) in [5.41, 5.74) is 1.37. The number of allylic oxidation sites excluding steroid dienone is 1. The van der Waals surface area contributed by atoms with E-state index in [1.807, 2.05) is 30.3 Å². The number of hydrogen-bond acceptors (Lipinski definition) is 2. The first-order chi connectivity index (χ1) is 6.77. The van der Waals surface area contributed by atoms with Gasteiger partial charge in [-0.25, -0.2) is 0 Å². The van der Waals surface area contributed by atoms with E-state index >= 15 is 0 Å². The summed E-state index contributed by atoms with van der Waals surface area (Å²) in [5, 5.41) is 9.44. The van der Waals surface area contributed by atoms with E-state index in [1.165, 1.54) is 12.2 Å². The summed E-state index contributed by atoms with van der Waals surface area (Å²) in [4.78, 5) is 11.3. The van der Waals surface area contributed by atoms with Gasteiger partial charge < -0.3 is 5.11 Å². The van der Waals surface area contributed by atoms with E-state index in [0.29, 0.717) is 5.57 Å². The van der Waals surface area contributed by atoms with Gasteiger partial charge in [0.1, 0.15) is 6.10 Å². The van der Waals surface area contributed by atoms with Gasteiger partial charge in [0.25, 0.3) is 0 Å². The van der Waals surface area contributed by atoms with Crippen LogP contribution in [0.15, 0.2) is 48.1 Å². The molecule has 0 spiro atoms. The molecule has 2 nitrogen and oxygen atoms in total. The molecule has 0 radical (unpaired) electrons. The Kier molecular flexibility index (Phi) is 2.29. The average molecular weight is 186 g/mol. The summed E-state index contributed by atoms with van der Waals surface area (Å²) in [5.74, 6) is -0.110. The van der Waals surface area contributed by atoms with Crippen molar-refractivity contribution < 1.29 is 9.90 Å². The number of hydrogen-bond donors (Lipinski definition) is 1. The Labute approximate surface area is 82.2 Å². The Morgan fingerprint density at radius 1 is 1.21 bits per heavy atom. The molecule has 1 aliphatic rings. The molecule has 0 amide bonds. The van der Waals surface area contributed by atoms with E-state index < -0.39 is 6.10 Å². The first kappa shape index (κ1) is 8.91. The highest BCUT2D eigenvalue weighted by molar-refractivity contribution is 6.10. The number of aliphatic hydroxyl groups is 1. The Hall–Kier alpha value is -1.67. The number of rotatable bonds is 1. The van der Waals surface area contributed by atoms with Gasteiger partial charge in [-0.15, -0.1) is 0 Å². The summed E-state index contributed by atoms with van der Waals surface area (Å²) in [6.45, 7) is 0. The predicted octanol–water partition coefficient (Wildman–Crippen LogP) is 1.57. The lowest BCUT2D eigenvalue weighted by molar-refractivity contribution is -0.111. The smallest absolute Gasteiger partial charge is 0.184 e. The Balaban J connectivity index is 2.32. The maximum absolute atomic E-state index is 11.3. The molecule has 0 fully saturated rings. The van der Waals surface area contributed by atoms with Crippen LogP contribution in [0.5, 0.6) is 0 Å². The molecule has 0 heterocycles. The molecule has 0 saturated carbocycles. The van der Waals surface area contributed by atoms with Crippen LogP contribution in [0.25, 0.3) is 6.08 Å². The number of carbonyl (C=O) groups is 1. The molecule has 2 rings (SSSR count). The second-order valence-corrected chi connectivity index (χ2v) is 3.18. The predicted molar refractivity (Wildman–Crippen MR) is 54.6 cm³/mol. The molecule has 0 saturated heterocycles. The van der Waals surface area contributed by atoms with E-state index in [-0.39, 0.29) is 5.78 Å². The molecule has 0 bridgehead atoms. The normalized spacial score (nSPS) is 23.4. The molecule has 0 aliphatic heterocycles. The number of benzene rings is 1. The average Bonchev–Trinajstić information content (AvgIpc) is 2.51. The van der Waals surface area contributed by atoms with Gasteiger partial charge in [-0.3, -0.25) is 4.79 Å². The van der Waals surface area contributed by atoms with Crippen molar-refractivity contribution in [2.45, 2.75) is 6.10 Å². The van der Waals surface area contributed by atoms with Crippen LogP contribution in [-0.2, 0) is 4.79 Å². The Morgan fingerprint density at radius 2 is 1.93 bits per heavy atom. The quantitative estimate of drug-likeness (QED) is 0.676. The van der Waals surface area contributed by atoms with Crippen LogP contribution in [0.2, 0.25) is 0 Å². The van der Waals surface area contributed by atoms with Crippen molar-refractivity contribution in [1.29, 1.82) is 0 Å². The van der Waals surface area contributed by atoms with Crippen molar-refractivity contribution in [3.05, 3.63) is 53.6 Å². The SMILES string of the molecule is O=C1C=CC(O)C1=Cc1ccccc1. The van der Waals surface area contributed by atoms with Crippen molar-refractivity contribution in [2.24, 2.45) is 0 Å². The van der Waals surface area contributed by atoms with Crippen molar-refractivity contribution in [3.8, 4) is 0 Å². The second-order valence-electron chi connectivity index (χ2n) is 3.18. The fourth-order valence-corrected chi connectivity index (χ4v) is 1.41. The van der Waals surface area contributed by atoms with Crippen LogP contribution >= 0.6 is 0 Å². The van der Waals surface area contributed by atoms with E-state index in [9.17, 15) is 9.90 Å². The van der Waals surface area contributed by atoms with Crippen molar-refractivity contribution in [3.63, 3.8) is 0 Å². The first-order valence-corrected chi connectivity index (χ1v) is 4.44. The third kappa shape index (κ3) is 1.65. The number of carbonyl (C=O) groups excluding carboxylic acids is 1. The largest absolute Gasteiger partial charge is 0.384 e. The second kappa shape index (κ2) is 3.60. The summed E-state index contributed by atoms with van der Waals surface area (Å²) in [6, 6.07) is 9.49. The monoisotopic (exact) mass is 186 g/mol. The van der Waals surface area contributed by atoms with Crippen LogP contribution < -0.4 is 0 Å². The van der Waals surface area contributed by atoms with Gasteiger partial charge in [-0.05, 0) is 23.8 Å². The molecular formula is C12H10O2. The van der Waals surface area contributed by atoms with Gasteiger partial charge >= 0.3 is 0 Å². The molecule has 70 valence electrons. The summed E-state index contributed by atoms with van der Waals surface area (Å²) < 4.78 is 0. The third-order valence-electron chi connectivity index (χ3n) is 2.15. The third-order valence-corrected chi connectivity index (χ3v) is 2.15. The van der Waals surface area contributed by atoms with E-state index in [4.69, 9.17) is 0 Å². The highest BCUT2D eigenvalue weighted by atomic mass is 16.3. The zero-order chi connectivity index (χ0) is 9.97. The van der Waals surface area contributed by atoms with Gasteiger partial charge in [-0.2, -0.15) is 0 Å². The van der Waals surface area contributed by atoms with Gasteiger partial charge in [0.15, 0.2) is 5.78 Å². The number of aliphatic hydroxyl groups excluding tert-OH is 1. The molecule has 1 atom stereocenters. The molecule has 1 aromatic carbocycles. The molecule has 1 unspecified atom stereocenters. The zero-order valence-corrected chi connectivity index (χ0v) is 7.55. The van der Waals surface area contributed by atoms with Crippen LogP contribution in [0, 0.1) is 0 Å². The van der Waals surface area contributed by atoms with Crippen LogP contribution in [0.4, 0.5) is 0 Å². The summed E-state index contributed by atoms with van der Waals surface area (Å²) in [6.07, 6.45) is 3.87. The highest BCUT2D eigenvalue weighted by Gasteiger charge is 2.19. The van der Waals surface area contributed by atoms with Crippen LogP contribution in [0.1, 0.15) is 5.56 Å². The van der Waals surface area contributed by atoms with Gasteiger partial charge in [0.2, 0.25) is 0 Å². The topological polar surface area (TPSA) is 37.3 Å². The minimum absolute atomic E-state index is 0.110. The van der Waals surface area contributed by atoms with Crippen LogP contribution in [0.3, 0.4) is 0 Å². The fourth-order valence-electron chi connectivity index (χ4n) is 1.41. The van der Waals surface area contributed by atoms with E-state index in [2.05, 4.69) is 0 Å².